The van der Waals surface area contributed by atoms with Crippen molar-refractivity contribution in [2.24, 2.45) is 5.73 Å². The Balaban J connectivity index is 2.28. The molecule has 2 rings (SSSR count). The fourth-order valence-electron chi connectivity index (χ4n) is 1.69. The van der Waals surface area contributed by atoms with Gasteiger partial charge in [0, 0.05) is 5.56 Å². The molecule has 0 aliphatic rings. The van der Waals surface area contributed by atoms with Crippen LogP contribution in [-0.4, -0.2) is 11.8 Å². The van der Waals surface area contributed by atoms with Crippen molar-refractivity contribution in [2.45, 2.75) is 0 Å². The minimum absolute atomic E-state index is 0.124. The molecular weight excluding hydrogens is 261 g/mol. The summed E-state index contributed by atoms with van der Waals surface area (Å²) < 4.78 is 13.0. The number of amides is 2. The van der Waals surface area contributed by atoms with Crippen LogP contribution in [0.3, 0.4) is 0 Å². The van der Waals surface area contributed by atoms with E-state index in [4.69, 9.17) is 11.5 Å². The molecule has 2 aromatic carbocycles. The summed E-state index contributed by atoms with van der Waals surface area (Å²) in [7, 11) is 0. The third-order valence-corrected chi connectivity index (χ3v) is 2.70. The van der Waals surface area contributed by atoms with Gasteiger partial charge in [0.1, 0.15) is 5.82 Å². The van der Waals surface area contributed by atoms with Gasteiger partial charge in [-0.05, 0) is 30.3 Å². The molecule has 20 heavy (non-hydrogen) atoms. The van der Waals surface area contributed by atoms with Gasteiger partial charge in [0.25, 0.3) is 11.8 Å². The maximum absolute atomic E-state index is 13.0. The maximum atomic E-state index is 13.0. The highest BCUT2D eigenvalue weighted by atomic mass is 19.1. The van der Waals surface area contributed by atoms with Crippen molar-refractivity contribution in [3.05, 3.63) is 59.4 Å². The summed E-state index contributed by atoms with van der Waals surface area (Å²) in [5, 5.41) is 2.54. The Kier molecular flexibility index (Phi) is 3.65. The van der Waals surface area contributed by atoms with Crippen LogP contribution in [0.5, 0.6) is 0 Å². The Bertz CT molecular complexity index is 686. The zero-order valence-electron chi connectivity index (χ0n) is 10.4. The molecule has 102 valence electrons. The number of rotatable bonds is 3. The quantitative estimate of drug-likeness (QED) is 0.743. The van der Waals surface area contributed by atoms with Gasteiger partial charge >= 0.3 is 0 Å². The highest BCUT2D eigenvalue weighted by Crippen LogP contribution is 2.17. The summed E-state index contributed by atoms with van der Waals surface area (Å²) in [6.07, 6.45) is 0. The standard InChI is InChI=1S/C14H12FN3O2/c15-10-6-5-8(7-11(10)16)14(20)18-12-4-2-1-3-9(12)13(17)19/h1-7H,16H2,(H2,17,19)(H,18,20). The van der Waals surface area contributed by atoms with Crippen molar-refractivity contribution in [2.75, 3.05) is 11.1 Å². The van der Waals surface area contributed by atoms with Crippen molar-refractivity contribution in [1.29, 1.82) is 0 Å². The van der Waals surface area contributed by atoms with Crippen LogP contribution in [-0.2, 0) is 0 Å². The molecule has 0 radical (unpaired) electrons. The van der Waals surface area contributed by atoms with Gasteiger partial charge in [-0.25, -0.2) is 4.39 Å². The molecule has 0 unspecified atom stereocenters. The SMILES string of the molecule is NC(=O)c1ccccc1NC(=O)c1ccc(F)c(N)c1. The molecule has 0 heterocycles. The van der Waals surface area contributed by atoms with Crippen molar-refractivity contribution >= 4 is 23.2 Å². The first-order valence-corrected chi connectivity index (χ1v) is 5.74. The Hall–Kier alpha value is -2.89. The molecule has 2 aromatic rings. The lowest BCUT2D eigenvalue weighted by atomic mass is 10.1. The van der Waals surface area contributed by atoms with E-state index >= 15 is 0 Å². The van der Waals surface area contributed by atoms with Crippen LogP contribution in [0.2, 0.25) is 0 Å². The maximum Gasteiger partial charge on any atom is 0.255 e. The normalized spacial score (nSPS) is 10.1. The smallest absolute Gasteiger partial charge is 0.255 e. The average molecular weight is 273 g/mol. The van der Waals surface area contributed by atoms with E-state index < -0.39 is 17.6 Å². The summed E-state index contributed by atoms with van der Waals surface area (Å²) >= 11 is 0. The first kappa shape index (κ1) is 13.5. The predicted molar refractivity (Wildman–Crippen MR) is 73.7 cm³/mol. The van der Waals surface area contributed by atoms with Gasteiger partial charge in [-0.3, -0.25) is 9.59 Å². The summed E-state index contributed by atoms with van der Waals surface area (Å²) in [6.45, 7) is 0. The van der Waals surface area contributed by atoms with Crippen molar-refractivity contribution in [3.63, 3.8) is 0 Å². The second-order valence-electron chi connectivity index (χ2n) is 4.10. The van der Waals surface area contributed by atoms with Crippen LogP contribution in [0.4, 0.5) is 15.8 Å². The summed E-state index contributed by atoms with van der Waals surface area (Å²) in [5.41, 5.74) is 11.1. The van der Waals surface area contributed by atoms with Gasteiger partial charge < -0.3 is 16.8 Å². The second kappa shape index (κ2) is 5.40. The van der Waals surface area contributed by atoms with E-state index in [0.717, 1.165) is 6.07 Å². The first-order chi connectivity index (χ1) is 9.49. The molecule has 0 fully saturated rings. The molecule has 0 aromatic heterocycles. The van der Waals surface area contributed by atoms with Gasteiger partial charge in [-0.1, -0.05) is 12.1 Å². The van der Waals surface area contributed by atoms with Crippen molar-refractivity contribution < 1.29 is 14.0 Å². The van der Waals surface area contributed by atoms with Crippen molar-refractivity contribution in [1.82, 2.24) is 0 Å². The zero-order chi connectivity index (χ0) is 14.7. The van der Waals surface area contributed by atoms with Crippen LogP contribution < -0.4 is 16.8 Å². The molecule has 0 atom stereocenters. The lowest BCUT2D eigenvalue weighted by Gasteiger charge is -2.09. The number of nitrogens with two attached hydrogens (primary N) is 2. The third kappa shape index (κ3) is 2.74. The number of carbonyl (C=O) groups is 2. The highest BCUT2D eigenvalue weighted by Gasteiger charge is 2.12. The number of benzene rings is 2. The van der Waals surface area contributed by atoms with E-state index in [9.17, 15) is 14.0 Å². The van der Waals surface area contributed by atoms with E-state index in [1.165, 1.54) is 18.2 Å². The van der Waals surface area contributed by atoms with Gasteiger partial charge in [0.15, 0.2) is 0 Å². The van der Waals surface area contributed by atoms with Crippen molar-refractivity contribution in [3.8, 4) is 0 Å². The summed E-state index contributed by atoms with van der Waals surface area (Å²) in [5.74, 6) is -1.76. The molecular formula is C14H12FN3O2. The number of hydrogen-bond acceptors (Lipinski definition) is 3. The van der Waals surface area contributed by atoms with Crippen LogP contribution in [0.15, 0.2) is 42.5 Å². The second-order valence-corrected chi connectivity index (χ2v) is 4.10. The van der Waals surface area contributed by atoms with E-state index in [2.05, 4.69) is 5.32 Å². The fourth-order valence-corrected chi connectivity index (χ4v) is 1.69. The molecule has 2 amide bonds. The van der Waals surface area contributed by atoms with Crippen LogP contribution in [0.1, 0.15) is 20.7 Å². The lowest BCUT2D eigenvalue weighted by molar-refractivity contribution is 0.100. The van der Waals surface area contributed by atoms with Gasteiger partial charge in [-0.15, -0.1) is 0 Å². The highest BCUT2D eigenvalue weighted by molar-refractivity contribution is 6.08. The number of anilines is 2. The molecule has 5 N–H and O–H groups in total. The zero-order valence-corrected chi connectivity index (χ0v) is 10.4. The van der Waals surface area contributed by atoms with Crippen LogP contribution in [0, 0.1) is 5.82 Å². The Morgan fingerprint density at radius 2 is 1.80 bits per heavy atom. The summed E-state index contributed by atoms with van der Waals surface area (Å²) in [6, 6.07) is 9.95. The molecule has 0 saturated carbocycles. The Labute approximate surface area is 114 Å². The third-order valence-electron chi connectivity index (χ3n) is 2.70. The summed E-state index contributed by atoms with van der Waals surface area (Å²) in [4.78, 5) is 23.3. The van der Waals surface area contributed by atoms with Gasteiger partial charge in [0.05, 0.1) is 16.9 Å². The topological polar surface area (TPSA) is 98.2 Å². The number of nitrogen functional groups attached to an aromatic ring is 1. The Morgan fingerprint density at radius 3 is 2.45 bits per heavy atom. The average Bonchev–Trinajstić information content (AvgIpc) is 2.42. The molecule has 0 saturated heterocycles. The van der Waals surface area contributed by atoms with E-state index in [1.807, 2.05) is 0 Å². The van der Waals surface area contributed by atoms with Gasteiger partial charge in [0.2, 0.25) is 0 Å². The number of nitrogens with one attached hydrogen (secondary N) is 1. The minimum atomic E-state index is -0.653. The molecule has 0 bridgehead atoms. The largest absolute Gasteiger partial charge is 0.396 e. The molecule has 5 nitrogen and oxygen atoms in total. The number of primary amides is 1. The number of carbonyl (C=O) groups excluding carboxylic acids is 2. The molecule has 0 aliphatic heterocycles. The number of para-hydroxylation sites is 1. The molecule has 0 aliphatic carbocycles. The monoisotopic (exact) mass is 273 g/mol. The van der Waals surface area contributed by atoms with E-state index in [0.29, 0.717) is 0 Å². The molecule has 0 spiro atoms. The van der Waals surface area contributed by atoms with E-state index in [-0.39, 0.29) is 22.5 Å². The van der Waals surface area contributed by atoms with Crippen LogP contribution in [0.25, 0.3) is 0 Å². The fraction of sp³-hybridized carbons (Fsp3) is 0. The first-order valence-electron chi connectivity index (χ1n) is 5.74. The molecule has 6 heteroatoms. The number of halogens is 1. The predicted octanol–water partition coefficient (Wildman–Crippen LogP) is 1.76. The van der Waals surface area contributed by atoms with Crippen LogP contribution >= 0.6 is 0 Å². The Morgan fingerprint density at radius 1 is 1.10 bits per heavy atom. The lowest BCUT2D eigenvalue weighted by Crippen LogP contribution is -2.18. The number of hydrogen-bond donors (Lipinski definition) is 3. The van der Waals surface area contributed by atoms with Gasteiger partial charge in [-0.2, -0.15) is 0 Å². The minimum Gasteiger partial charge on any atom is -0.396 e. The van der Waals surface area contributed by atoms with E-state index in [1.54, 1.807) is 18.2 Å².